The van der Waals surface area contributed by atoms with Crippen LogP contribution in [0.25, 0.3) is 0 Å². The molecule has 0 aliphatic carbocycles. The van der Waals surface area contributed by atoms with Crippen LogP contribution in [0.2, 0.25) is 0 Å². The van der Waals surface area contributed by atoms with Gasteiger partial charge in [-0.05, 0) is 76.6 Å². The lowest BCUT2D eigenvalue weighted by Crippen LogP contribution is -2.44. The summed E-state index contributed by atoms with van der Waals surface area (Å²) in [6, 6.07) is 4.75. The average Bonchev–Trinajstić information content (AvgIpc) is 2.96. The molecule has 190 valence electrons. The van der Waals surface area contributed by atoms with Crippen LogP contribution in [0.5, 0.6) is 0 Å². The molecule has 0 spiro atoms. The van der Waals surface area contributed by atoms with Crippen LogP contribution in [-0.2, 0) is 15.8 Å². The third-order valence-corrected chi connectivity index (χ3v) is 7.05. The van der Waals surface area contributed by atoms with Gasteiger partial charge < -0.3 is 14.7 Å². The van der Waals surface area contributed by atoms with Crippen molar-refractivity contribution in [3.05, 3.63) is 29.3 Å². The van der Waals surface area contributed by atoms with Crippen LogP contribution in [0.4, 0.5) is 18.9 Å². The van der Waals surface area contributed by atoms with Gasteiger partial charge in [0.2, 0.25) is 5.91 Å². The van der Waals surface area contributed by atoms with E-state index in [1.807, 2.05) is 4.90 Å². The second kappa shape index (κ2) is 10.5. The van der Waals surface area contributed by atoms with Gasteiger partial charge in [0.25, 0.3) is 5.91 Å². The first kappa shape index (κ1) is 26.9. The number of carbonyl (C=O) groups is 2. The lowest BCUT2D eigenvalue weighted by Gasteiger charge is -2.29. The summed E-state index contributed by atoms with van der Waals surface area (Å²) in [5.74, 6) is -0.312. The minimum absolute atomic E-state index is 0.00138. The number of thiocarbonyl (C=S) groups is 1. The fourth-order valence-corrected chi connectivity index (χ4v) is 5.06. The van der Waals surface area contributed by atoms with E-state index in [1.165, 1.54) is 6.07 Å². The van der Waals surface area contributed by atoms with Crippen LogP contribution in [0.15, 0.2) is 18.2 Å². The Hall–Kier alpha value is -2.71. The van der Waals surface area contributed by atoms with E-state index in [4.69, 9.17) is 17.5 Å². The molecule has 0 radical (unpaired) electrons. The second-order valence-corrected chi connectivity index (χ2v) is 9.75. The zero-order chi connectivity index (χ0) is 26.0. The van der Waals surface area contributed by atoms with Crippen molar-refractivity contribution in [1.82, 2.24) is 14.7 Å². The predicted molar refractivity (Wildman–Crippen MR) is 130 cm³/mol. The number of alkyl halides is 3. The third-order valence-electron chi connectivity index (χ3n) is 6.65. The molecule has 2 saturated heterocycles. The number of unbranched alkanes of at least 4 members (excludes halogenated alkanes) is 1. The van der Waals surface area contributed by atoms with Crippen molar-refractivity contribution in [2.24, 2.45) is 0 Å². The zero-order valence-corrected chi connectivity index (χ0v) is 21.0. The fourth-order valence-electron chi connectivity index (χ4n) is 4.56. The number of rotatable bonds is 6. The van der Waals surface area contributed by atoms with E-state index in [1.54, 1.807) is 31.7 Å². The Bertz CT molecular complexity index is 1040. The Morgan fingerprint density at radius 1 is 1.14 bits per heavy atom. The van der Waals surface area contributed by atoms with Crippen LogP contribution in [0, 0.1) is 11.3 Å². The summed E-state index contributed by atoms with van der Waals surface area (Å²) in [6.07, 6.45) is -2.19. The van der Waals surface area contributed by atoms with Crippen LogP contribution < -0.4 is 4.90 Å². The van der Waals surface area contributed by atoms with Gasteiger partial charge in [0.1, 0.15) is 5.54 Å². The highest BCUT2D eigenvalue weighted by molar-refractivity contribution is 7.80. The maximum absolute atomic E-state index is 13.4. The Kier molecular flexibility index (Phi) is 8.07. The van der Waals surface area contributed by atoms with Gasteiger partial charge in [-0.25, -0.2) is 0 Å². The van der Waals surface area contributed by atoms with Gasteiger partial charge in [0, 0.05) is 33.1 Å². The molecule has 1 aromatic rings. The van der Waals surface area contributed by atoms with Crippen molar-refractivity contribution in [2.45, 2.75) is 51.7 Å². The molecule has 0 aromatic heterocycles. The minimum Gasteiger partial charge on any atom is -0.342 e. The Balaban J connectivity index is 1.65. The fraction of sp³-hybridized carbons (Fsp3) is 0.583. The summed E-state index contributed by atoms with van der Waals surface area (Å²) in [5.41, 5.74) is -2.60. The van der Waals surface area contributed by atoms with Gasteiger partial charge in [-0.1, -0.05) is 0 Å². The highest BCUT2D eigenvalue weighted by Crippen LogP contribution is 2.37. The smallest absolute Gasteiger partial charge is 0.342 e. The molecule has 2 amide bonds. The van der Waals surface area contributed by atoms with Crippen LogP contribution >= 0.6 is 12.2 Å². The number of anilines is 1. The number of amides is 2. The molecule has 0 saturated carbocycles. The number of nitriles is 1. The van der Waals surface area contributed by atoms with E-state index in [0.29, 0.717) is 13.1 Å². The summed E-state index contributed by atoms with van der Waals surface area (Å²) in [7, 11) is 0. The van der Waals surface area contributed by atoms with Crippen LogP contribution in [0.3, 0.4) is 0 Å². The third kappa shape index (κ3) is 5.76. The molecular formula is C24H30F3N5O2S. The molecule has 2 aliphatic heterocycles. The van der Waals surface area contributed by atoms with Gasteiger partial charge in [-0.15, -0.1) is 0 Å². The number of hydrogen-bond acceptors (Lipinski definition) is 5. The molecule has 0 atom stereocenters. The lowest BCUT2D eigenvalue weighted by atomic mass is 10.0. The van der Waals surface area contributed by atoms with E-state index < -0.39 is 28.7 Å². The molecule has 1 aromatic carbocycles. The van der Waals surface area contributed by atoms with Gasteiger partial charge >= 0.3 is 6.18 Å². The monoisotopic (exact) mass is 509 g/mol. The van der Waals surface area contributed by atoms with Crippen molar-refractivity contribution in [2.75, 3.05) is 44.2 Å². The summed E-state index contributed by atoms with van der Waals surface area (Å²) in [4.78, 5) is 31.9. The molecular weight excluding hydrogens is 479 g/mol. The van der Waals surface area contributed by atoms with Gasteiger partial charge in [-0.3, -0.25) is 14.5 Å². The standard InChI is InChI=1S/C24H30F3N5O2S/c1-17(33)30-11-6-10-29(13-14-30)9-4-5-12-31-22(35)32(21(34)23(31,2)3)19-8-7-18(16-28)20(15-19)24(25,26)27/h7-8,15H,4-6,9-14H2,1-3H3. The largest absolute Gasteiger partial charge is 0.417 e. The summed E-state index contributed by atoms with van der Waals surface area (Å²) >= 11 is 5.53. The van der Waals surface area contributed by atoms with Crippen LogP contribution in [-0.4, -0.2) is 76.4 Å². The first-order valence-corrected chi connectivity index (χ1v) is 12.0. The second-order valence-electron chi connectivity index (χ2n) is 9.38. The summed E-state index contributed by atoms with van der Waals surface area (Å²) in [6.45, 7) is 9.57. The predicted octanol–water partition coefficient (Wildman–Crippen LogP) is 3.62. The number of benzene rings is 1. The van der Waals surface area contributed by atoms with Gasteiger partial charge in [0.15, 0.2) is 5.11 Å². The maximum Gasteiger partial charge on any atom is 0.417 e. The molecule has 11 heteroatoms. The van der Waals surface area contributed by atoms with Gasteiger partial charge in [0.05, 0.1) is 22.9 Å². The Morgan fingerprint density at radius 2 is 1.83 bits per heavy atom. The van der Waals surface area contributed by atoms with E-state index in [-0.39, 0.29) is 16.7 Å². The number of hydrogen-bond donors (Lipinski definition) is 0. The Morgan fingerprint density at radius 3 is 2.46 bits per heavy atom. The van der Waals surface area contributed by atoms with Crippen LogP contribution in [0.1, 0.15) is 51.2 Å². The average molecular weight is 510 g/mol. The van der Waals surface area contributed by atoms with E-state index >= 15 is 0 Å². The van der Waals surface area contributed by atoms with Crippen molar-refractivity contribution in [3.63, 3.8) is 0 Å². The molecule has 3 rings (SSSR count). The van der Waals surface area contributed by atoms with Crippen molar-refractivity contribution in [1.29, 1.82) is 5.26 Å². The normalized spacial score (nSPS) is 19.2. The zero-order valence-electron chi connectivity index (χ0n) is 20.2. The highest BCUT2D eigenvalue weighted by atomic mass is 32.1. The molecule has 2 fully saturated rings. The molecule has 7 nitrogen and oxygen atoms in total. The quantitative estimate of drug-likeness (QED) is 0.431. The first-order valence-electron chi connectivity index (χ1n) is 11.6. The molecule has 35 heavy (non-hydrogen) atoms. The minimum atomic E-state index is -4.73. The van der Waals surface area contributed by atoms with E-state index in [2.05, 4.69) is 4.90 Å². The SMILES string of the molecule is CC(=O)N1CCCN(CCCCN2C(=S)N(c3ccc(C#N)c(C(F)(F)F)c3)C(=O)C2(C)C)CC1. The summed E-state index contributed by atoms with van der Waals surface area (Å²) in [5, 5.41) is 9.21. The topological polar surface area (TPSA) is 70.9 Å². The number of nitrogens with zero attached hydrogens (tertiary/aromatic N) is 5. The van der Waals surface area contributed by atoms with Crippen molar-refractivity contribution in [3.8, 4) is 6.07 Å². The highest BCUT2D eigenvalue weighted by Gasteiger charge is 2.49. The molecule has 0 N–H and O–H groups in total. The summed E-state index contributed by atoms with van der Waals surface area (Å²) < 4.78 is 40.3. The number of carbonyl (C=O) groups excluding carboxylic acids is 2. The maximum atomic E-state index is 13.4. The molecule has 0 unspecified atom stereocenters. The first-order chi connectivity index (χ1) is 16.4. The molecule has 2 aliphatic rings. The Labute approximate surface area is 209 Å². The van der Waals surface area contributed by atoms with E-state index in [0.717, 1.165) is 62.5 Å². The molecule has 0 bridgehead atoms. The molecule has 2 heterocycles. The van der Waals surface area contributed by atoms with Gasteiger partial charge in [-0.2, -0.15) is 18.4 Å². The van der Waals surface area contributed by atoms with Crippen molar-refractivity contribution >= 4 is 34.8 Å². The van der Waals surface area contributed by atoms with E-state index in [9.17, 15) is 22.8 Å². The lowest BCUT2D eigenvalue weighted by molar-refractivity contribution is -0.137. The van der Waals surface area contributed by atoms with Crippen molar-refractivity contribution < 1.29 is 22.8 Å². The number of halogens is 3.